The van der Waals surface area contributed by atoms with Crippen molar-refractivity contribution in [3.63, 3.8) is 0 Å². The van der Waals surface area contributed by atoms with E-state index >= 15 is 0 Å². The van der Waals surface area contributed by atoms with Gasteiger partial charge in [0.05, 0.1) is 5.57 Å². The molecule has 1 atom stereocenters. The number of piperidine rings is 1. The standard InChI is InChI=1S/C9H14F3NO/c1-7(9(10,11)12)8(14)4-3-5-13(2)6-8/h14H,1,3-6H2,2H3. The van der Waals surface area contributed by atoms with Crippen molar-refractivity contribution >= 4 is 0 Å². The molecule has 0 aromatic carbocycles. The zero-order valence-corrected chi connectivity index (χ0v) is 8.06. The number of β-amino-alcohol motifs (C(OH)–C–C–N with tert-alkyl or cyclic N) is 1. The van der Waals surface area contributed by atoms with Gasteiger partial charge in [-0.3, -0.25) is 0 Å². The van der Waals surface area contributed by atoms with Crippen LogP contribution in [-0.2, 0) is 0 Å². The number of nitrogens with zero attached hydrogens (tertiary/aromatic N) is 1. The minimum Gasteiger partial charge on any atom is -0.384 e. The quantitative estimate of drug-likeness (QED) is 0.662. The van der Waals surface area contributed by atoms with Crippen molar-refractivity contribution in [1.82, 2.24) is 4.90 Å². The molecule has 0 aromatic heterocycles. The van der Waals surface area contributed by atoms with Crippen LogP contribution in [0.15, 0.2) is 12.2 Å². The minimum atomic E-state index is -4.51. The summed E-state index contributed by atoms with van der Waals surface area (Å²) in [7, 11) is 1.69. The Morgan fingerprint density at radius 3 is 2.50 bits per heavy atom. The zero-order valence-electron chi connectivity index (χ0n) is 8.06. The van der Waals surface area contributed by atoms with E-state index in [1.54, 1.807) is 11.9 Å². The first-order valence-electron chi connectivity index (χ1n) is 4.43. The van der Waals surface area contributed by atoms with Crippen molar-refractivity contribution in [2.45, 2.75) is 24.6 Å². The SMILES string of the molecule is C=C(C(F)(F)F)C1(O)CCCN(C)C1. The van der Waals surface area contributed by atoms with E-state index < -0.39 is 17.4 Å². The van der Waals surface area contributed by atoms with Crippen LogP contribution in [0.2, 0.25) is 0 Å². The van der Waals surface area contributed by atoms with E-state index in [9.17, 15) is 18.3 Å². The molecule has 1 N–H and O–H groups in total. The van der Waals surface area contributed by atoms with Crippen LogP contribution in [0, 0.1) is 0 Å². The molecule has 0 saturated carbocycles. The second-order valence-corrected chi connectivity index (χ2v) is 3.85. The van der Waals surface area contributed by atoms with Gasteiger partial charge in [0.2, 0.25) is 0 Å². The second-order valence-electron chi connectivity index (χ2n) is 3.85. The Bertz CT molecular complexity index is 239. The fourth-order valence-corrected chi connectivity index (χ4v) is 1.76. The molecule has 2 nitrogen and oxygen atoms in total. The molecule has 1 aliphatic heterocycles. The molecular weight excluding hydrogens is 195 g/mol. The molecule has 5 heteroatoms. The number of likely N-dealkylation sites (tertiary alicyclic amines) is 1. The molecule has 1 saturated heterocycles. The number of hydrogen-bond donors (Lipinski definition) is 1. The van der Waals surface area contributed by atoms with Gasteiger partial charge >= 0.3 is 6.18 Å². The summed E-state index contributed by atoms with van der Waals surface area (Å²) in [5, 5.41) is 9.78. The topological polar surface area (TPSA) is 23.5 Å². The van der Waals surface area contributed by atoms with Gasteiger partial charge in [-0.2, -0.15) is 13.2 Å². The monoisotopic (exact) mass is 209 g/mol. The van der Waals surface area contributed by atoms with Crippen LogP contribution in [0.1, 0.15) is 12.8 Å². The molecule has 1 fully saturated rings. The Hall–Kier alpha value is -0.550. The highest BCUT2D eigenvalue weighted by molar-refractivity contribution is 5.19. The minimum absolute atomic E-state index is 0.00530. The Balaban J connectivity index is 2.79. The average molecular weight is 209 g/mol. The third-order valence-electron chi connectivity index (χ3n) is 2.57. The lowest BCUT2D eigenvalue weighted by atomic mass is 9.86. The lowest BCUT2D eigenvalue weighted by Crippen LogP contribution is -2.50. The molecule has 82 valence electrons. The highest BCUT2D eigenvalue weighted by Gasteiger charge is 2.47. The van der Waals surface area contributed by atoms with E-state index in [2.05, 4.69) is 6.58 Å². The Morgan fingerprint density at radius 1 is 1.50 bits per heavy atom. The van der Waals surface area contributed by atoms with Crippen molar-refractivity contribution in [2.24, 2.45) is 0 Å². The van der Waals surface area contributed by atoms with Crippen molar-refractivity contribution in [2.75, 3.05) is 20.1 Å². The van der Waals surface area contributed by atoms with Gasteiger partial charge in [0.15, 0.2) is 0 Å². The molecule has 0 radical (unpaired) electrons. The molecule has 0 aliphatic carbocycles. The highest BCUT2D eigenvalue weighted by atomic mass is 19.4. The summed E-state index contributed by atoms with van der Waals surface area (Å²) in [6, 6.07) is 0. The van der Waals surface area contributed by atoms with Crippen molar-refractivity contribution in [3.8, 4) is 0 Å². The van der Waals surface area contributed by atoms with Crippen LogP contribution in [0.25, 0.3) is 0 Å². The van der Waals surface area contributed by atoms with Gasteiger partial charge < -0.3 is 10.0 Å². The first-order valence-corrected chi connectivity index (χ1v) is 4.43. The third-order valence-corrected chi connectivity index (χ3v) is 2.57. The first-order chi connectivity index (χ1) is 6.26. The van der Waals surface area contributed by atoms with E-state index in [4.69, 9.17) is 0 Å². The number of likely N-dealkylation sites (N-methyl/N-ethyl adjacent to an activating group) is 1. The lowest BCUT2D eigenvalue weighted by molar-refractivity contribution is -0.129. The lowest BCUT2D eigenvalue weighted by Gasteiger charge is -2.39. The summed E-state index contributed by atoms with van der Waals surface area (Å²) in [5.74, 6) is 0. The Labute approximate surface area is 81.0 Å². The molecule has 0 spiro atoms. The van der Waals surface area contributed by atoms with Gasteiger partial charge in [-0.05, 0) is 26.4 Å². The fourth-order valence-electron chi connectivity index (χ4n) is 1.76. The molecule has 0 aromatic rings. The van der Waals surface area contributed by atoms with Gasteiger partial charge in [0.1, 0.15) is 5.60 Å². The van der Waals surface area contributed by atoms with Crippen LogP contribution in [0.4, 0.5) is 13.2 Å². The summed E-state index contributed by atoms with van der Waals surface area (Å²) >= 11 is 0. The number of halogens is 3. The third kappa shape index (κ3) is 2.27. The fraction of sp³-hybridized carbons (Fsp3) is 0.778. The van der Waals surface area contributed by atoms with Crippen LogP contribution in [0.3, 0.4) is 0 Å². The zero-order chi connectivity index (χ0) is 11.0. The van der Waals surface area contributed by atoms with Gasteiger partial charge in [-0.1, -0.05) is 6.58 Å². The molecule has 1 unspecified atom stereocenters. The molecular formula is C9H14F3NO. The maximum Gasteiger partial charge on any atom is 0.414 e. The van der Waals surface area contributed by atoms with E-state index in [0.717, 1.165) is 0 Å². The van der Waals surface area contributed by atoms with Gasteiger partial charge in [0.25, 0.3) is 0 Å². The summed E-state index contributed by atoms with van der Waals surface area (Å²) in [6.45, 7) is 3.68. The molecule has 1 rings (SSSR count). The normalized spacial score (nSPS) is 30.4. The molecule has 1 heterocycles. The largest absolute Gasteiger partial charge is 0.414 e. The first kappa shape index (κ1) is 11.5. The van der Waals surface area contributed by atoms with E-state index in [1.165, 1.54) is 0 Å². The van der Waals surface area contributed by atoms with E-state index in [0.29, 0.717) is 13.0 Å². The predicted molar refractivity (Wildman–Crippen MR) is 46.9 cm³/mol. The molecule has 0 amide bonds. The van der Waals surface area contributed by atoms with Crippen molar-refractivity contribution in [1.29, 1.82) is 0 Å². The van der Waals surface area contributed by atoms with Gasteiger partial charge in [-0.15, -0.1) is 0 Å². The smallest absolute Gasteiger partial charge is 0.384 e. The maximum atomic E-state index is 12.3. The molecule has 0 bridgehead atoms. The summed E-state index contributed by atoms with van der Waals surface area (Å²) in [5.41, 5.74) is -2.83. The number of hydrogen-bond acceptors (Lipinski definition) is 2. The van der Waals surface area contributed by atoms with E-state index in [1.807, 2.05) is 0 Å². The maximum absolute atomic E-state index is 12.3. The summed E-state index contributed by atoms with van der Waals surface area (Å²) < 4.78 is 37.0. The van der Waals surface area contributed by atoms with Crippen molar-refractivity contribution < 1.29 is 18.3 Å². The molecule has 14 heavy (non-hydrogen) atoms. The van der Waals surface area contributed by atoms with Crippen LogP contribution in [0.5, 0.6) is 0 Å². The highest BCUT2D eigenvalue weighted by Crippen LogP contribution is 2.37. The predicted octanol–water partition coefficient (Wildman–Crippen LogP) is 1.56. The summed E-state index contributed by atoms with van der Waals surface area (Å²) in [4.78, 5) is 1.68. The van der Waals surface area contributed by atoms with Gasteiger partial charge in [-0.25, -0.2) is 0 Å². The second kappa shape index (κ2) is 3.55. The van der Waals surface area contributed by atoms with E-state index in [-0.39, 0.29) is 13.0 Å². The van der Waals surface area contributed by atoms with Crippen LogP contribution >= 0.6 is 0 Å². The Kier molecular flexibility index (Phi) is 2.92. The number of rotatable bonds is 1. The van der Waals surface area contributed by atoms with Crippen LogP contribution < -0.4 is 0 Å². The van der Waals surface area contributed by atoms with Crippen molar-refractivity contribution in [3.05, 3.63) is 12.2 Å². The Morgan fingerprint density at radius 2 is 2.07 bits per heavy atom. The average Bonchev–Trinajstić information content (AvgIpc) is 2.01. The summed E-state index contributed by atoms with van der Waals surface area (Å²) in [6.07, 6.45) is -3.81. The number of alkyl halides is 3. The van der Waals surface area contributed by atoms with Gasteiger partial charge in [0, 0.05) is 6.54 Å². The van der Waals surface area contributed by atoms with Crippen LogP contribution in [-0.4, -0.2) is 41.9 Å². The number of aliphatic hydroxyl groups is 1. The molecule has 1 aliphatic rings.